The first-order valence-electron chi connectivity index (χ1n) is 11.9. The van der Waals surface area contributed by atoms with E-state index in [1.807, 2.05) is 17.8 Å². The molecule has 1 fully saturated rings. The van der Waals surface area contributed by atoms with Crippen LogP contribution in [-0.4, -0.2) is 40.5 Å². The van der Waals surface area contributed by atoms with E-state index in [1.54, 1.807) is 12.4 Å². The number of carbonyl (C=O) groups excluding carboxylic acids is 1. The minimum Gasteiger partial charge on any atom is -0.496 e. The number of rotatable bonds is 7. The molecule has 1 aliphatic rings. The summed E-state index contributed by atoms with van der Waals surface area (Å²) >= 11 is 1.82. The van der Waals surface area contributed by atoms with Gasteiger partial charge in [-0.2, -0.15) is 11.8 Å². The molecule has 3 N–H and O–H groups in total. The number of anilines is 1. The number of benzene rings is 1. The van der Waals surface area contributed by atoms with Crippen LogP contribution in [0, 0.1) is 17.6 Å². The Bertz CT molecular complexity index is 1240. The Kier molecular flexibility index (Phi) is 8.21. The van der Waals surface area contributed by atoms with Gasteiger partial charge in [0.15, 0.2) is 0 Å². The standard InChI is InChI=1S/C27H30F2N4O2S/c1-4-15-12-16(13-20(30)26(15)36-3)17-10-11-31-14-22(17)33-27(34)21-9-8-19(29)25(32-21)24-18(28)6-5-7-23(24)35-2/h5-11,14-16,20,26H,4,12-13,30H2,1-3H3,(H,33,34). The summed E-state index contributed by atoms with van der Waals surface area (Å²) in [5.41, 5.74) is 7.57. The third-order valence-electron chi connectivity index (χ3n) is 6.88. The molecule has 0 bridgehead atoms. The number of carbonyl (C=O) groups is 1. The van der Waals surface area contributed by atoms with Crippen molar-refractivity contribution in [2.75, 3.05) is 18.7 Å². The van der Waals surface area contributed by atoms with Crippen LogP contribution in [-0.2, 0) is 0 Å². The minimum atomic E-state index is -0.762. The van der Waals surface area contributed by atoms with Gasteiger partial charge >= 0.3 is 0 Å². The largest absolute Gasteiger partial charge is 0.496 e. The van der Waals surface area contributed by atoms with Crippen LogP contribution in [0.1, 0.15) is 48.2 Å². The van der Waals surface area contributed by atoms with Crippen LogP contribution in [0.4, 0.5) is 14.5 Å². The Morgan fingerprint density at radius 1 is 1.19 bits per heavy atom. The number of nitrogens with zero attached hydrogens (tertiary/aromatic N) is 2. The van der Waals surface area contributed by atoms with Gasteiger partial charge in [0.05, 0.1) is 24.6 Å². The molecule has 0 spiro atoms. The molecule has 4 unspecified atom stereocenters. The van der Waals surface area contributed by atoms with E-state index in [0.717, 1.165) is 30.9 Å². The predicted molar refractivity (Wildman–Crippen MR) is 139 cm³/mol. The summed E-state index contributed by atoms with van der Waals surface area (Å²) in [6, 6.07) is 8.48. The number of hydrogen-bond donors (Lipinski definition) is 2. The molecule has 9 heteroatoms. The molecular weight excluding hydrogens is 482 g/mol. The van der Waals surface area contributed by atoms with Crippen molar-refractivity contribution in [1.29, 1.82) is 0 Å². The molecule has 4 rings (SSSR count). The smallest absolute Gasteiger partial charge is 0.274 e. The lowest BCUT2D eigenvalue weighted by Gasteiger charge is -2.40. The van der Waals surface area contributed by atoms with Gasteiger partial charge in [0, 0.05) is 17.5 Å². The molecule has 1 amide bonds. The lowest BCUT2D eigenvalue weighted by molar-refractivity contribution is 0.102. The second kappa shape index (κ2) is 11.3. The zero-order valence-corrected chi connectivity index (χ0v) is 21.3. The molecule has 2 heterocycles. The number of ether oxygens (including phenoxy) is 1. The Morgan fingerprint density at radius 2 is 2.00 bits per heavy atom. The number of amides is 1. The van der Waals surface area contributed by atoms with Gasteiger partial charge in [-0.25, -0.2) is 13.8 Å². The number of hydrogen-bond acceptors (Lipinski definition) is 6. The van der Waals surface area contributed by atoms with Crippen LogP contribution in [0.15, 0.2) is 48.8 Å². The van der Waals surface area contributed by atoms with E-state index < -0.39 is 17.5 Å². The highest BCUT2D eigenvalue weighted by Gasteiger charge is 2.36. The number of methoxy groups -OCH3 is 1. The van der Waals surface area contributed by atoms with E-state index in [0.29, 0.717) is 16.9 Å². The third kappa shape index (κ3) is 5.22. The average Bonchev–Trinajstić information content (AvgIpc) is 2.88. The normalized spacial score (nSPS) is 21.7. The van der Waals surface area contributed by atoms with E-state index in [2.05, 4.69) is 28.5 Å². The molecule has 36 heavy (non-hydrogen) atoms. The fourth-order valence-corrected chi connectivity index (χ4v) is 6.28. The number of halogens is 2. The number of nitrogens with two attached hydrogens (primary N) is 1. The van der Waals surface area contributed by atoms with E-state index >= 15 is 0 Å². The summed E-state index contributed by atoms with van der Waals surface area (Å²) in [4.78, 5) is 21.5. The quantitative estimate of drug-likeness (QED) is 0.426. The van der Waals surface area contributed by atoms with Gasteiger partial charge in [0.25, 0.3) is 5.91 Å². The Hall–Kier alpha value is -3.04. The molecule has 0 saturated heterocycles. The highest BCUT2D eigenvalue weighted by molar-refractivity contribution is 7.99. The zero-order chi connectivity index (χ0) is 25.8. The summed E-state index contributed by atoms with van der Waals surface area (Å²) in [7, 11) is 1.36. The molecule has 1 aromatic carbocycles. The average molecular weight is 513 g/mol. The molecule has 0 radical (unpaired) electrons. The van der Waals surface area contributed by atoms with Crippen molar-refractivity contribution in [2.45, 2.75) is 43.4 Å². The first-order chi connectivity index (χ1) is 17.4. The molecule has 1 aliphatic carbocycles. The molecule has 0 aliphatic heterocycles. The van der Waals surface area contributed by atoms with E-state index in [4.69, 9.17) is 10.5 Å². The van der Waals surface area contributed by atoms with Gasteiger partial charge in [-0.05, 0) is 66.8 Å². The van der Waals surface area contributed by atoms with Gasteiger partial charge in [-0.3, -0.25) is 9.78 Å². The molecule has 6 nitrogen and oxygen atoms in total. The highest BCUT2D eigenvalue weighted by Crippen LogP contribution is 2.43. The maximum atomic E-state index is 14.7. The molecule has 1 saturated carbocycles. The lowest BCUT2D eigenvalue weighted by Crippen LogP contribution is -2.43. The van der Waals surface area contributed by atoms with Gasteiger partial charge in [-0.15, -0.1) is 0 Å². The topological polar surface area (TPSA) is 90.1 Å². The van der Waals surface area contributed by atoms with Crippen LogP contribution < -0.4 is 15.8 Å². The lowest BCUT2D eigenvalue weighted by atomic mass is 9.74. The van der Waals surface area contributed by atoms with E-state index in [1.165, 1.54) is 31.4 Å². The predicted octanol–water partition coefficient (Wildman–Crippen LogP) is 5.65. The Morgan fingerprint density at radius 3 is 2.72 bits per heavy atom. The van der Waals surface area contributed by atoms with Gasteiger partial charge < -0.3 is 15.8 Å². The molecule has 3 aromatic rings. The zero-order valence-electron chi connectivity index (χ0n) is 20.5. The molecule has 2 aromatic heterocycles. The van der Waals surface area contributed by atoms with Gasteiger partial charge in [0.2, 0.25) is 0 Å². The fourth-order valence-electron chi connectivity index (χ4n) is 5.13. The summed E-state index contributed by atoms with van der Waals surface area (Å²) in [6.07, 6.45) is 8.22. The van der Waals surface area contributed by atoms with Crippen molar-refractivity contribution in [2.24, 2.45) is 11.7 Å². The monoisotopic (exact) mass is 512 g/mol. The first-order valence-corrected chi connectivity index (χ1v) is 13.2. The van der Waals surface area contributed by atoms with Crippen molar-refractivity contribution < 1.29 is 18.3 Å². The van der Waals surface area contributed by atoms with E-state index in [9.17, 15) is 13.6 Å². The van der Waals surface area contributed by atoms with Crippen LogP contribution in [0.25, 0.3) is 11.3 Å². The maximum absolute atomic E-state index is 14.7. The summed E-state index contributed by atoms with van der Waals surface area (Å²) < 4.78 is 34.4. The van der Waals surface area contributed by atoms with Crippen LogP contribution >= 0.6 is 11.8 Å². The van der Waals surface area contributed by atoms with E-state index in [-0.39, 0.29) is 34.7 Å². The second-order valence-electron chi connectivity index (χ2n) is 8.96. The number of nitrogens with one attached hydrogen (secondary N) is 1. The van der Waals surface area contributed by atoms with Gasteiger partial charge in [-0.1, -0.05) is 19.4 Å². The molecular formula is C27H30F2N4O2S. The van der Waals surface area contributed by atoms with Crippen molar-refractivity contribution in [3.05, 3.63) is 71.7 Å². The van der Waals surface area contributed by atoms with Crippen molar-refractivity contribution in [3.8, 4) is 17.0 Å². The van der Waals surface area contributed by atoms with Crippen LogP contribution in [0.3, 0.4) is 0 Å². The van der Waals surface area contributed by atoms with Gasteiger partial charge in [0.1, 0.15) is 28.8 Å². The Labute approximate surface area is 214 Å². The van der Waals surface area contributed by atoms with Crippen molar-refractivity contribution >= 4 is 23.4 Å². The molecule has 190 valence electrons. The minimum absolute atomic E-state index is 0.0532. The maximum Gasteiger partial charge on any atom is 0.274 e. The van der Waals surface area contributed by atoms with Crippen LogP contribution in [0.2, 0.25) is 0 Å². The third-order valence-corrected chi connectivity index (χ3v) is 8.16. The first kappa shape index (κ1) is 26.0. The fraction of sp³-hybridized carbons (Fsp3) is 0.370. The number of aromatic nitrogens is 2. The summed E-state index contributed by atoms with van der Waals surface area (Å²) in [5.74, 6) is -1.24. The number of pyridine rings is 2. The van der Waals surface area contributed by atoms with Crippen molar-refractivity contribution in [3.63, 3.8) is 0 Å². The highest BCUT2D eigenvalue weighted by atomic mass is 32.2. The van der Waals surface area contributed by atoms with Crippen molar-refractivity contribution in [1.82, 2.24) is 9.97 Å². The Balaban J connectivity index is 1.63. The summed E-state index contributed by atoms with van der Waals surface area (Å²) in [5, 5.41) is 3.29. The SMILES string of the molecule is CCC1CC(c2ccncc2NC(=O)c2ccc(F)c(-c3c(F)cccc3OC)n2)CC(N)C1SC. The summed E-state index contributed by atoms with van der Waals surface area (Å²) in [6.45, 7) is 2.18. The number of thioether (sulfide) groups is 1. The van der Waals surface area contributed by atoms with Crippen LogP contribution in [0.5, 0.6) is 5.75 Å². The second-order valence-corrected chi connectivity index (χ2v) is 9.98. The molecule has 4 atom stereocenters.